The summed E-state index contributed by atoms with van der Waals surface area (Å²) in [6, 6.07) is 7.19. The van der Waals surface area contributed by atoms with Gasteiger partial charge in [0.15, 0.2) is 11.5 Å². The van der Waals surface area contributed by atoms with Crippen molar-refractivity contribution in [3.8, 4) is 22.7 Å². The van der Waals surface area contributed by atoms with Crippen LogP contribution in [0.2, 0.25) is 0 Å². The summed E-state index contributed by atoms with van der Waals surface area (Å²) in [5, 5.41) is 0.279. The molecule has 2 aliphatic rings. The van der Waals surface area contributed by atoms with Crippen LogP contribution < -0.4 is 15.3 Å². The smallest absolute Gasteiger partial charge is 0.410 e. The van der Waals surface area contributed by atoms with Gasteiger partial charge in [-0.05, 0) is 82.7 Å². The minimum atomic E-state index is -0.786. The van der Waals surface area contributed by atoms with Crippen LogP contribution in [0.15, 0.2) is 41.3 Å². The number of piperazine rings is 1. The molecule has 0 aliphatic carbocycles. The van der Waals surface area contributed by atoms with E-state index in [1.54, 1.807) is 17.2 Å². The van der Waals surface area contributed by atoms with Crippen LogP contribution in [0.1, 0.15) is 71.6 Å². The number of hydrogen-bond donors (Lipinski definition) is 0. The Morgan fingerprint density at radius 2 is 1.87 bits per heavy atom. The molecule has 0 spiro atoms. The third-order valence-corrected chi connectivity index (χ3v) is 8.47. The second kappa shape index (κ2) is 12.5. The van der Waals surface area contributed by atoms with Crippen LogP contribution in [0.3, 0.4) is 0 Å². The van der Waals surface area contributed by atoms with Crippen molar-refractivity contribution in [2.45, 2.75) is 78.4 Å². The highest BCUT2D eigenvalue weighted by Gasteiger charge is 2.33. The zero-order valence-corrected chi connectivity index (χ0v) is 27.6. The maximum Gasteiger partial charge on any atom is 0.410 e. The molecule has 248 valence electrons. The molecule has 12 heteroatoms. The lowest BCUT2D eigenvalue weighted by Crippen LogP contribution is -2.55. The molecule has 4 aromatic rings. The number of benzene rings is 1. The third kappa shape index (κ3) is 6.25. The quantitative estimate of drug-likeness (QED) is 0.247. The van der Waals surface area contributed by atoms with Gasteiger partial charge in [0, 0.05) is 31.9 Å². The number of carbonyl (C=O) groups is 1. The predicted molar refractivity (Wildman–Crippen MR) is 175 cm³/mol. The largest absolute Gasteiger partial charge is 0.493 e. The van der Waals surface area contributed by atoms with Crippen LogP contribution in [-0.2, 0) is 11.2 Å². The molecule has 1 aromatic carbocycles. The van der Waals surface area contributed by atoms with Gasteiger partial charge in [-0.1, -0.05) is 19.9 Å². The van der Waals surface area contributed by atoms with Crippen molar-refractivity contribution in [1.82, 2.24) is 24.4 Å². The Morgan fingerprint density at radius 1 is 1.09 bits per heavy atom. The summed E-state index contributed by atoms with van der Waals surface area (Å²) in [4.78, 5) is 44.6. The monoisotopic (exact) mass is 646 g/mol. The minimum absolute atomic E-state index is 0.0652. The third-order valence-electron chi connectivity index (χ3n) is 8.47. The lowest BCUT2D eigenvalue weighted by Gasteiger charge is -2.41. The molecule has 2 bridgehead atoms. The fourth-order valence-corrected chi connectivity index (χ4v) is 6.31. The summed E-state index contributed by atoms with van der Waals surface area (Å²) in [6.07, 6.45) is 3.29. The average Bonchev–Trinajstić information content (AvgIpc) is 3.01. The van der Waals surface area contributed by atoms with E-state index in [0.717, 1.165) is 12.0 Å². The number of ether oxygens (including phenoxy) is 2. The Labute approximate surface area is 272 Å². The molecule has 1 atom stereocenters. The van der Waals surface area contributed by atoms with Gasteiger partial charge in [0.1, 0.15) is 28.7 Å². The van der Waals surface area contributed by atoms with E-state index in [1.807, 2.05) is 52.5 Å². The number of fused-ring (bicyclic) bond motifs is 5. The molecule has 1 amide bonds. The van der Waals surface area contributed by atoms with Gasteiger partial charge in [0.25, 0.3) is 0 Å². The van der Waals surface area contributed by atoms with E-state index < -0.39 is 29.0 Å². The van der Waals surface area contributed by atoms with Crippen molar-refractivity contribution in [1.29, 1.82) is 0 Å². The first-order valence-electron chi connectivity index (χ1n) is 16.1. The molecular weight excluding hydrogens is 606 g/mol. The number of halogens is 2. The molecule has 0 unspecified atom stereocenters. The van der Waals surface area contributed by atoms with E-state index >= 15 is 8.78 Å². The number of aryl methyl sites for hydroxylation is 1. The Morgan fingerprint density at radius 3 is 2.60 bits per heavy atom. The van der Waals surface area contributed by atoms with Crippen molar-refractivity contribution < 1.29 is 23.0 Å². The number of aromatic nitrogens is 4. The lowest BCUT2D eigenvalue weighted by atomic mass is 10.00. The second-order valence-electron chi connectivity index (χ2n) is 13.5. The standard InChI is InChI=1S/C35H40F2N6O4/c1-20(2)28-30-22(13-14-38-28)10-7-8-17-46-26-12-9-11-24(36)27(26)29-25(37)18-23-31(40-33(44)43(30)32(23)39-29)42-16-15-41(19-21(42)3)34(45)47-35(4,5)6/h9,11-14,18,20-21H,7-8,10,15-17,19H2,1-6H3/t21-/m0/s1. The fraction of sp³-hybridized carbons (Fsp3) is 0.457. The maximum absolute atomic E-state index is 16.3. The van der Waals surface area contributed by atoms with Gasteiger partial charge in [0.2, 0.25) is 0 Å². The molecule has 1 saturated heterocycles. The molecule has 0 saturated carbocycles. The Balaban J connectivity index is 1.60. The summed E-state index contributed by atoms with van der Waals surface area (Å²) in [7, 11) is 0. The summed E-state index contributed by atoms with van der Waals surface area (Å²) in [6.45, 7) is 12.5. The highest BCUT2D eigenvalue weighted by Crippen LogP contribution is 2.38. The number of nitrogens with zero attached hydrogens (tertiary/aromatic N) is 6. The summed E-state index contributed by atoms with van der Waals surface area (Å²) in [5.41, 5.74) is 0.578. The number of carbonyl (C=O) groups excluding carboxylic acids is 1. The topological polar surface area (TPSA) is 103 Å². The SMILES string of the molecule is CC(C)c1nccc2c1-n1c(=O)nc(N3CCN(C(=O)OC(C)(C)C)C[C@@H]3C)c3cc(F)c(nc31)-c1c(F)cccc1OCCCC2. The van der Waals surface area contributed by atoms with Crippen molar-refractivity contribution in [3.05, 3.63) is 69.9 Å². The molecule has 0 N–H and O–H groups in total. The zero-order chi connectivity index (χ0) is 33.6. The highest BCUT2D eigenvalue weighted by atomic mass is 19.1. The first kappa shape index (κ1) is 32.3. The predicted octanol–water partition coefficient (Wildman–Crippen LogP) is 6.41. The molecule has 47 heavy (non-hydrogen) atoms. The molecular formula is C35H40F2N6O4. The molecule has 6 rings (SSSR count). The van der Waals surface area contributed by atoms with Crippen LogP contribution in [0, 0.1) is 11.6 Å². The summed E-state index contributed by atoms with van der Waals surface area (Å²) in [5.74, 6) is -1.13. The van der Waals surface area contributed by atoms with E-state index in [-0.39, 0.29) is 45.8 Å². The van der Waals surface area contributed by atoms with Gasteiger partial charge in [0.05, 0.1) is 28.9 Å². The number of rotatable bonds is 2. The van der Waals surface area contributed by atoms with Crippen molar-refractivity contribution in [2.24, 2.45) is 0 Å². The second-order valence-corrected chi connectivity index (χ2v) is 13.5. The molecule has 3 aromatic heterocycles. The number of pyridine rings is 2. The Bertz CT molecular complexity index is 1900. The number of amides is 1. The van der Waals surface area contributed by atoms with Crippen molar-refractivity contribution in [3.63, 3.8) is 0 Å². The average molecular weight is 647 g/mol. The van der Waals surface area contributed by atoms with Gasteiger partial charge in [-0.3, -0.25) is 4.98 Å². The van der Waals surface area contributed by atoms with Crippen molar-refractivity contribution >= 4 is 22.9 Å². The normalized spacial score (nSPS) is 17.0. The first-order valence-corrected chi connectivity index (χ1v) is 16.1. The van der Waals surface area contributed by atoms with Gasteiger partial charge < -0.3 is 19.3 Å². The minimum Gasteiger partial charge on any atom is -0.493 e. The van der Waals surface area contributed by atoms with Crippen LogP contribution in [0.25, 0.3) is 28.0 Å². The molecule has 1 fully saturated rings. The van der Waals surface area contributed by atoms with Gasteiger partial charge in [-0.2, -0.15) is 4.98 Å². The Kier molecular flexibility index (Phi) is 8.62. The lowest BCUT2D eigenvalue weighted by molar-refractivity contribution is 0.0218. The van der Waals surface area contributed by atoms with E-state index in [0.29, 0.717) is 50.5 Å². The summed E-state index contributed by atoms with van der Waals surface area (Å²) >= 11 is 0. The molecule has 0 radical (unpaired) electrons. The van der Waals surface area contributed by atoms with E-state index in [2.05, 4.69) is 9.97 Å². The van der Waals surface area contributed by atoms with Crippen molar-refractivity contribution in [2.75, 3.05) is 31.1 Å². The first-order chi connectivity index (χ1) is 22.3. The van der Waals surface area contributed by atoms with Gasteiger partial charge >= 0.3 is 11.8 Å². The number of hydrogen-bond acceptors (Lipinski definition) is 8. The van der Waals surface area contributed by atoms with Crippen LogP contribution >= 0.6 is 0 Å². The molecule has 2 aliphatic heterocycles. The van der Waals surface area contributed by atoms with Crippen LogP contribution in [-0.4, -0.2) is 68.4 Å². The van der Waals surface area contributed by atoms with Crippen LogP contribution in [0.4, 0.5) is 19.4 Å². The summed E-state index contributed by atoms with van der Waals surface area (Å²) < 4.78 is 44.8. The van der Waals surface area contributed by atoms with Gasteiger partial charge in [-0.15, -0.1) is 0 Å². The molecule has 5 heterocycles. The zero-order valence-electron chi connectivity index (χ0n) is 27.6. The molecule has 10 nitrogen and oxygen atoms in total. The van der Waals surface area contributed by atoms with Gasteiger partial charge in [-0.25, -0.2) is 27.9 Å². The van der Waals surface area contributed by atoms with E-state index in [9.17, 15) is 9.59 Å². The van der Waals surface area contributed by atoms with Crippen LogP contribution in [0.5, 0.6) is 5.75 Å². The highest BCUT2D eigenvalue weighted by molar-refractivity contribution is 5.91. The fourth-order valence-electron chi connectivity index (χ4n) is 6.31. The van der Waals surface area contributed by atoms with E-state index in [4.69, 9.17) is 14.5 Å². The Hall–Kier alpha value is -4.61. The van der Waals surface area contributed by atoms with E-state index in [1.165, 1.54) is 22.8 Å². The number of anilines is 1. The maximum atomic E-state index is 16.3.